The summed E-state index contributed by atoms with van der Waals surface area (Å²) in [5.74, 6) is -1.89. The molecule has 0 unspecified atom stereocenters. The SMILES string of the molecule is CC(C)OC(=O)CCC(=O)Oc1ccccc1CC(=O)O. The molecular formula is C15H18O6. The van der Waals surface area contributed by atoms with Crippen molar-refractivity contribution in [1.29, 1.82) is 0 Å². The fraction of sp³-hybridized carbons (Fsp3) is 0.400. The van der Waals surface area contributed by atoms with Crippen LogP contribution < -0.4 is 4.74 Å². The van der Waals surface area contributed by atoms with Gasteiger partial charge in [-0.05, 0) is 19.9 Å². The van der Waals surface area contributed by atoms with E-state index in [4.69, 9.17) is 14.6 Å². The molecule has 0 aromatic heterocycles. The Labute approximate surface area is 122 Å². The van der Waals surface area contributed by atoms with Crippen LogP contribution in [-0.2, 0) is 25.5 Å². The molecule has 0 aliphatic rings. The van der Waals surface area contributed by atoms with Crippen molar-refractivity contribution in [2.24, 2.45) is 0 Å². The Balaban J connectivity index is 2.55. The van der Waals surface area contributed by atoms with Crippen molar-refractivity contribution >= 4 is 17.9 Å². The standard InChI is InChI=1S/C15H18O6/c1-10(2)20-14(18)7-8-15(19)21-12-6-4-3-5-11(12)9-13(16)17/h3-6,10H,7-9H2,1-2H3,(H,16,17). The van der Waals surface area contributed by atoms with Crippen molar-refractivity contribution in [2.45, 2.75) is 39.2 Å². The Morgan fingerprint density at radius 2 is 1.71 bits per heavy atom. The monoisotopic (exact) mass is 294 g/mol. The molecule has 21 heavy (non-hydrogen) atoms. The van der Waals surface area contributed by atoms with E-state index in [9.17, 15) is 14.4 Å². The van der Waals surface area contributed by atoms with Crippen LogP contribution in [0.5, 0.6) is 5.75 Å². The molecule has 0 radical (unpaired) electrons. The molecule has 114 valence electrons. The van der Waals surface area contributed by atoms with Crippen LogP contribution in [0.3, 0.4) is 0 Å². The molecule has 0 spiro atoms. The lowest BCUT2D eigenvalue weighted by Gasteiger charge is -2.09. The highest BCUT2D eigenvalue weighted by molar-refractivity contribution is 5.79. The minimum atomic E-state index is -1.01. The van der Waals surface area contributed by atoms with Gasteiger partial charge in [0, 0.05) is 5.56 Å². The Morgan fingerprint density at radius 1 is 1.10 bits per heavy atom. The second-order valence-electron chi connectivity index (χ2n) is 4.69. The molecule has 1 aromatic carbocycles. The molecule has 0 fully saturated rings. The number of hydrogen-bond acceptors (Lipinski definition) is 5. The largest absolute Gasteiger partial charge is 0.481 e. The van der Waals surface area contributed by atoms with Crippen molar-refractivity contribution in [2.75, 3.05) is 0 Å². The predicted molar refractivity (Wildman–Crippen MR) is 73.9 cm³/mol. The van der Waals surface area contributed by atoms with E-state index in [-0.39, 0.29) is 31.1 Å². The minimum Gasteiger partial charge on any atom is -0.481 e. The maximum atomic E-state index is 11.7. The lowest BCUT2D eigenvalue weighted by atomic mass is 10.1. The average Bonchev–Trinajstić information content (AvgIpc) is 2.37. The van der Waals surface area contributed by atoms with Crippen LogP contribution in [0.4, 0.5) is 0 Å². The summed E-state index contributed by atoms with van der Waals surface area (Å²) in [5.41, 5.74) is 0.406. The molecule has 6 heteroatoms. The van der Waals surface area contributed by atoms with Crippen LogP contribution in [-0.4, -0.2) is 29.1 Å². The smallest absolute Gasteiger partial charge is 0.311 e. The lowest BCUT2D eigenvalue weighted by molar-refractivity contribution is -0.150. The molecule has 1 aromatic rings. The third-order valence-electron chi connectivity index (χ3n) is 2.44. The van der Waals surface area contributed by atoms with Crippen LogP contribution in [0.2, 0.25) is 0 Å². The van der Waals surface area contributed by atoms with Gasteiger partial charge in [-0.3, -0.25) is 14.4 Å². The highest BCUT2D eigenvalue weighted by Gasteiger charge is 2.14. The molecule has 0 aliphatic carbocycles. The number of aliphatic carboxylic acids is 1. The van der Waals surface area contributed by atoms with Crippen molar-refractivity contribution < 1.29 is 29.0 Å². The van der Waals surface area contributed by atoms with Crippen molar-refractivity contribution in [1.82, 2.24) is 0 Å². The van der Waals surface area contributed by atoms with Gasteiger partial charge >= 0.3 is 17.9 Å². The number of hydrogen-bond donors (Lipinski definition) is 1. The Hall–Kier alpha value is -2.37. The summed E-state index contributed by atoms with van der Waals surface area (Å²) in [6.07, 6.45) is -0.658. The molecule has 0 bridgehead atoms. The second-order valence-corrected chi connectivity index (χ2v) is 4.69. The number of carboxylic acids is 1. The maximum Gasteiger partial charge on any atom is 0.311 e. The molecule has 0 heterocycles. The molecular weight excluding hydrogens is 276 g/mol. The number of esters is 2. The van der Waals surface area contributed by atoms with E-state index in [1.54, 1.807) is 32.0 Å². The first-order chi connectivity index (χ1) is 9.88. The van der Waals surface area contributed by atoms with E-state index in [1.807, 2.05) is 0 Å². The van der Waals surface area contributed by atoms with Gasteiger partial charge in [-0.1, -0.05) is 18.2 Å². The molecule has 1 rings (SSSR count). The van der Waals surface area contributed by atoms with Gasteiger partial charge in [-0.25, -0.2) is 0 Å². The average molecular weight is 294 g/mol. The number of ether oxygens (including phenoxy) is 2. The number of para-hydroxylation sites is 1. The number of carboxylic acid groups (broad SMARTS) is 1. The number of benzene rings is 1. The molecule has 0 atom stereocenters. The van der Waals surface area contributed by atoms with Crippen molar-refractivity contribution in [3.05, 3.63) is 29.8 Å². The van der Waals surface area contributed by atoms with Crippen molar-refractivity contribution in [3.8, 4) is 5.75 Å². The van der Waals surface area contributed by atoms with Gasteiger partial charge in [0.1, 0.15) is 5.75 Å². The number of rotatable bonds is 7. The topological polar surface area (TPSA) is 89.9 Å². The van der Waals surface area contributed by atoms with E-state index in [0.29, 0.717) is 5.56 Å². The van der Waals surface area contributed by atoms with E-state index < -0.39 is 17.9 Å². The summed E-state index contributed by atoms with van der Waals surface area (Å²) in [6.45, 7) is 3.44. The van der Waals surface area contributed by atoms with Crippen LogP contribution in [0.1, 0.15) is 32.3 Å². The third-order valence-corrected chi connectivity index (χ3v) is 2.44. The first-order valence-corrected chi connectivity index (χ1v) is 6.58. The molecule has 0 saturated carbocycles. The quantitative estimate of drug-likeness (QED) is 0.610. The molecule has 1 N–H and O–H groups in total. The summed E-state index contributed by atoms with van der Waals surface area (Å²) in [5, 5.41) is 8.78. The Kier molecular flexibility index (Phi) is 6.39. The predicted octanol–water partition coefficient (Wildman–Crippen LogP) is 1.95. The van der Waals surface area contributed by atoms with Crippen LogP contribution >= 0.6 is 0 Å². The van der Waals surface area contributed by atoms with Crippen LogP contribution in [0.15, 0.2) is 24.3 Å². The normalized spacial score (nSPS) is 10.2. The fourth-order valence-corrected chi connectivity index (χ4v) is 1.61. The zero-order valence-electron chi connectivity index (χ0n) is 12.0. The van der Waals surface area contributed by atoms with Gasteiger partial charge in [-0.2, -0.15) is 0 Å². The zero-order chi connectivity index (χ0) is 15.8. The molecule has 0 amide bonds. The second kappa shape index (κ2) is 8.04. The summed E-state index contributed by atoms with van der Waals surface area (Å²) < 4.78 is 9.99. The highest BCUT2D eigenvalue weighted by Crippen LogP contribution is 2.19. The summed E-state index contributed by atoms with van der Waals surface area (Å²) in [7, 11) is 0. The zero-order valence-corrected chi connectivity index (χ0v) is 12.0. The number of carbonyl (C=O) groups is 3. The van der Waals surface area contributed by atoms with Crippen LogP contribution in [0, 0.1) is 0 Å². The lowest BCUT2D eigenvalue weighted by Crippen LogP contribution is -2.16. The summed E-state index contributed by atoms with van der Waals surface area (Å²) in [6, 6.07) is 6.39. The molecule has 6 nitrogen and oxygen atoms in total. The van der Waals surface area contributed by atoms with Gasteiger partial charge in [-0.15, -0.1) is 0 Å². The van der Waals surface area contributed by atoms with E-state index >= 15 is 0 Å². The van der Waals surface area contributed by atoms with Gasteiger partial charge in [0.25, 0.3) is 0 Å². The van der Waals surface area contributed by atoms with Gasteiger partial charge in [0.05, 0.1) is 25.4 Å². The molecule has 0 aliphatic heterocycles. The number of carbonyl (C=O) groups excluding carboxylic acids is 2. The highest BCUT2D eigenvalue weighted by atomic mass is 16.5. The van der Waals surface area contributed by atoms with Gasteiger partial charge < -0.3 is 14.6 Å². The Bertz CT molecular complexity index is 521. The maximum absolute atomic E-state index is 11.7. The minimum absolute atomic E-state index is 0.0713. The fourth-order valence-electron chi connectivity index (χ4n) is 1.61. The summed E-state index contributed by atoms with van der Waals surface area (Å²) >= 11 is 0. The first-order valence-electron chi connectivity index (χ1n) is 6.58. The van der Waals surface area contributed by atoms with Crippen molar-refractivity contribution in [3.63, 3.8) is 0 Å². The summed E-state index contributed by atoms with van der Waals surface area (Å²) in [4.78, 5) is 33.7. The van der Waals surface area contributed by atoms with Gasteiger partial charge in [0.2, 0.25) is 0 Å². The van der Waals surface area contributed by atoms with Crippen LogP contribution in [0.25, 0.3) is 0 Å². The van der Waals surface area contributed by atoms with E-state index in [0.717, 1.165) is 0 Å². The first kappa shape index (κ1) is 16.7. The van der Waals surface area contributed by atoms with Gasteiger partial charge in [0.15, 0.2) is 0 Å². The third kappa shape index (κ3) is 6.56. The van der Waals surface area contributed by atoms with E-state index in [2.05, 4.69) is 0 Å². The Morgan fingerprint density at radius 3 is 2.33 bits per heavy atom. The molecule has 0 saturated heterocycles. The van der Waals surface area contributed by atoms with E-state index in [1.165, 1.54) is 6.07 Å².